The van der Waals surface area contributed by atoms with Gasteiger partial charge in [-0.3, -0.25) is 4.79 Å². The Morgan fingerprint density at radius 1 is 1.35 bits per heavy atom. The first-order valence-corrected chi connectivity index (χ1v) is 7.25. The first-order chi connectivity index (χ1) is 9.33. The second kappa shape index (κ2) is 5.81. The first-order valence-electron chi connectivity index (χ1n) is 7.25. The van der Waals surface area contributed by atoms with Crippen molar-refractivity contribution in [3.8, 4) is 0 Å². The monoisotopic (exact) mass is 276 g/mol. The molecule has 0 aliphatic heterocycles. The number of aryl methyl sites for hydroxylation is 1. The molecule has 1 aromatic rings. The second-order valence-electron chi connectivity index (χ2n) is 6.61. The molecule has 1 aliphatic rings. The van der Waals surface area contributed by atoms with Gasteiger partial charge in [0.1, 0.15) is 11.4 Å². The number of esters is 1. The summed E-state index contributed by atoms with van der Waals surface area (Å²) in [5.74, 6) is 0.821. The molecule has 0 saturated heterocycles. The average Bonchev–Trinajstić information content (AvgIpc) is 2.79. The van der Waals surface area contributed by atoms with Crippen LogP contribution in [0.15, 0.2) is 18.3 Å². The van der Waals surface area contributed by atoms with Crippen LogP contribution in [0.2, 0.25) is 0 Å². The molecule has 1 saturated carbocycles. The Balaban J connectivity index is 1.86. The molecule has 1 N–H and O–H groups in total. The Morgan fingerprint density at radius 2 is 2.10 bits per heavy atom. The Hall–Kier alpha value is -1.58. The minimum absolute atomic E-state index is 0.0113. The highest BCUT2D eigenvalue weighted by atomic mass is 16.6. The van der Waals surface area contributed by atoms with Gasteiger partial charge in [-0.25, -0.2) is 4.98 Å². The summed E-state index contributed by atoms with van der Waals surface area (Å²) in [6.45, 7) is 7.74. The number of rotatable bonds is 3. The highest BCUT2D eigenvalue weighted by Crippen LogP contribution is 2.30. The van der Waals surface area contributed by atoms with Crippen molar-refractivity contribution in [3.05, 3.63) is 23.9 Å². The van der Waals surface area contributed by atoms with Crippen molar-refractivity contribution in [1.29, 1.82) is 0 Å². The summed E-state index contributed by atoms with van der Waals surface area (Å²) in [6.07, 6.45) is 4.55. The lowest BCUT2D eigenvalue weighted by Gasteiger charge is -2.22. The molecule has 1 heterocycles. The zero-order chi connectivity index (χ0) is 14.8. The zero-order valence-electron chi connectivity index (χ0n) is 12.8. The number of carbonyl (C=O) groups is 1. The second-order valence-corrected chi connectivity index (χ2v) is 6.61. The van der Waals surface area contributed by atoms with Crippen molar-refractivity contribution in [2.24, 2.45) is 5.92 Å². The molecule has 0 bridgehead atoms. The molecule has 1 aliphatic carbocycles. The number of pyridine rings is 1. The van der Waals surface area contributed by atoms with Crippen molar-refractivity contribution in [1.82, 2.24) is 4.98 Å². The summed E-state index contributed by atoms with van der Waals surface area (Å²) < 4.78 is 5.45. The summed E-state index contributed by atoms with van der Waals surface area (Å²) in [4.78, 5) is 16.4. The van der Waals surface area contributed by atoms with Gasteiger partial charge in [-0.15, -0.1) is 0 Å². The molecule has 2 atom stereocenters. The molecule has 2 rings (SSSR count). The molecule has 0 amide bonds. The van der Waals surface area contributed by atoms with Crippen molar-refractivity contribution >= 4 is 11.8 Å². The third-order valence-electron chi connectivity index (χ3n) is 3.44. The van der Waals surface area contributed by atoms with Crippen LogP contribution >= 0.6 is 0 Å². The van der Waals surface area contributed by atoms with E-state index >= 15 is 0 Å². The fourth-order valence-electron chi connectivity index (χ4n) is 2.47. The third-order valence-corrected chi connectivity index (χ3v) is 3.44. The number of nitrogens with one attached hydrogen (secondary N) is 1. The fraction of sp³-hybridized carbons (Fsp3) is 0.625. The van der Waals surface area contributed by atoms with E-state index in [0.29, 0.717) is 6.04 Å². The van der Waals surface area contributed by atoms with Crippen LogP contribution in [-0.2, 0) is 9.53 Å². The predicted octanol–water partition coefficient (Wildman–Crippen LogP) is 3.31. The molecule has 0 aromatic carbocycles. The lowest BCUT2D eigenvalue weighted by molar-refractivity contribution is -0.159. The molecule has 1 fully saturated rings. The number of carbonyl (C=O) groups excluding carboxylic acids is 1. The van der Waals surface area contributed by atoms with Gasteiger partial charge in [0.2, 0.25) is 0 Å². The topological polar surface area (TPSA) is 51.2 Å². The van der Waals surface area contributed by atoms with E-state index in [1.165, 1.54) is 0 Å². The van der Waals surface area contributed by atoms with Gasteiger partial charge in [-0.2, -0.15) is 0 Å². The van der Waals surface area contributed by atoms with Crippen molar-refractivity contribution in [2.75, 3.05) is 5.32 Å². The summed E-state index contributed by atoms with van der Waals surface area (Å²) in [5, 5.41) is 3.40. The minimum Gasteiger partial charge on any atom is -0.460 e. The van der Waals surface area contributed by atoms with Gasteiger partial charge < -0.3 is 10.1 Å². The van der Waals surface area contributed by atoms with Gasteiger partial charge in [0.15, 0.2) is 0 Å². The molecule has 4 nitrogen and oxygen atoms in total. The molecule has 0 radical (unpaired) electrons. The average molecular weight is 276 g/mol. The number of hydrogen-bond acceptors (Lipinski definition) is 4. The maximum Gasteiger partial charge on any atom is 0.309 e. The molecule has 110 valence electrons. The summed E-state index contributed by atoms with van der Waals surface area (Å²) in [7, 11) is 0. The van der Waals surface area contributed by atoms with Crippen LogP contribution in [0.5, 0.6) is 0 Å². The Bertz CT molecular complexity index is 462. The number of ether oxygens (including phenoxy) is 1. The van der Waals surface area contributed by atoms with Gasteiger partial charge in [0.25, 0.3) is 0 Å². The normalized spacial score (nSPS) is 22.6. The van der Waals surface area contributed by atoms with Crippen molar-refractivity contribution in [3.63, 3.8) is 0 Å². The standard InChI is InChI=1S/C16H24N2O2/c1-11-5-8-14(17-10-11)18-13-7-6-12(9-13)15(19)20-16(2,3)4/h5,8,10,12-13H,6-7,9H2,1-4H3,(H,17,18)/t12-,13+/m0/s1. The van der Waals surface area contributed by atoms with Crippen LogP contribution in [0.25, 0.3) is 0 Å². The van der Waals surface area contributed by atoms with Gasteiger partial charge in [0.05, 0.1) is 5.92 Å². The molecular weight excluding hydrogens is 252 g/mol. The molecular formula is C16H24N2O2. The molecule has 0 unspecified atom stereocenters. The van der Waals surface area contributed by atoms with E-state index in [0.717, 1.165) is 30.6 Å². The summed E-state index contributed by atoms with van der Waals surface area (Å²) in [5.41, 5.74) is 0.745. The van der Waals surface area contributed by atoms with Crippen LogP contribution in [-0.4, -0.2) is 22.6 Å². The SMILES string of the molecule is Cc1ccc(N[C@@H]2CC[C@H](C(=O)OC(C)(C)C)C2)nc1. The first kappa shape index (κ1) is 14.8. The molecule has 4 heteroatoms. The highest BCUT2D eigenvalue weighted by molar-refractivity contribution is 5.73. The quantitative estimate of drug-likeness (QED) is 0.860. The number of anilines is 1. The van der Waals surface area contributed by atoms with E-state index in [-0.39, 0.29) is 11.9 Å². The molecule has 0 spiro atoms. The Kier molecular flexibility index (Phi) is 4.31. The van der Waals surface area contributed by atoms with Crippen molar-refractivity contribution in [2.45, 2.75) is 58.6 Å². The summed E-state index contributed by atoms with van der Waals surface area (Å²) >= 11 is 0. The predicted molar refractivity (Wildman–Crippen MR) is 79.6 cm³/mol. The Labute approximate surface area is 120 Å². The van der Waals surface area contributed by atoms with Crippen LogP contribution in [0, 0.1) is 12.8 Å². The lowest BCUT2D eigenvalue weighted by atomic mass is 10.1. The van der Waals surface area contributed by atoms with Gasteiger partial charge >= 0.3 is 5.97 Å². The van der Waals surface area contributed by atoms with E-state index in [1.807, 2.05) is 46.0 Å². The van der Waals surface area contributed by atoms with Gasteiger partial charge in [0, 0.05) is 12.2 Å². The van der Waals surface area contributed by atoms with Gasteiger partial charge in [-0.05, 0) is 58.6 Å². The maximum atomic E-state index is 12.0. The molecule has 20 heavy (non-hydrogen) atoms. The van der Waals surface area contributed by atoms with Crippen molar-refractivity contribution < 1.29 is 9.53 Å². The van der Waals surface area contributed by atoms with Crippen LogP contribution < -0.4 is 5.32 Å². The number of hydrogen-bond donors (Lipinski definition) is 1. The summed E-state index contributed by atoms with van der Waals surface area (Å²) in [6, 6.07) is 4.33. The van der Waals surface area contributed by atoms with E-state index in [4.69, 9.17) is 4.74 Å². The smallest absolute Gasteiger partial charge is 0.309 e. The third kappa shape index (κ3) is 4.22. The largest absolute Gasteiger partial charge is 0.460 e. The fourth-order valence-corrected chi connectivity index (χ4v) is 2.47. The van der Waals surface area contributed by atoms with E-state index in [2.05, 4.69) is 10.3 Å². The van der Waals surface area contributed by atoms with Crippen LogP contribution in [0.1, 0.15) is 45.6 Å². The maximum absolute atomic E-state index is 12.0. The van der Waals surface area contributed by atoms with Gasteiger partial charge in [-0.1, -0.05) is 6.07 Å². The lowest BCUT2D eigenvalue weighted by Crippen LogP contribution is -2.28. The number of nitrogens with zero attached hydrogens (tertiary/aromatic N) is 1. The van der Waals surface area contributed by atoms with E-state index < -0.39 is 5.60 Å². The van der Waals surface area contributed by atoms with Crippen LogP contribution in [0.4, 0.5) is 5.82 Å². The van der Waals surface area contributed by atoms with E-state index in [9.17, 15) is 4.79 Å². The number of aromatic nitrogens is 1. The molecule has 1 aromatic heterocycles. The zero-order valence-corrected chi connectivity index (χ0v) is 12.8. The highest BCUT2D eigenvalue weighted by Gasteiger charge is 2.33. The van der Waals surface area contributed by atoms with E-state index in [1.54, 1.807) is 0 Å². The minimum atomic E-state index is -0.402. The van der Waals surface area contributed by atoms with Crippen LogP contribution in [0.3, 0.4) is 0 Å². The Morgan fingerprint density at radius 3 is 2.70 bits per heavy atom.